The largest absolute Gasteiger partial charge is 0.426 e. The first-order valence-corrected chi connectivity index (χ1v) is 7.71. The molecule has 1 fully saturated rings. The van der Waals surface area contributed by atoms with Crippen LogP contribution in [-0.2, 0) is 4.79 Å². The summed E-state index contributed by atoms with van der Waals surface area (Å²) in [6.45, 7) is 8.49. The summed E-state index contributed by atoms with van der Waals surface area (Å²) in [5.74, 6) is 0.458. The van der Waals surface area contributed by atoms with Crippen molar-refractivity contribution in [2.45, 2.75) is 27.7 Å². The predicted octanol–water partition coefficient (Wildman–Crippen LogP) is 4.94. The molecule has 0 saturated heterocycles. The molecule has 0 aliphatic heterocycles. The van der Waals surface area contributed by atoms with E-state index < -0.39 is 0 Å². The Bertz CT molecular complexity index is 667. The number of esters is 1. The fourth-order valence-corrected chi connectivity index (χ4v) is 3.31. The van der Waals surface area contributed by atoms with Gasteiger partial charge in [-0.15, -0.1) is 0 Å². The van der Waals surface area contributed by atoms with Crippen molar-refractivity contribution in [3.05, 3.63) is 54.6 Å². The zero-order valence-corrected chi connectivity index (χ0v) is 13.6. The fraction of sp³-hybridized carbons (Fsp3) is 0.350. The van der Waals surface area contributed by atoms with Gasteiger partial charge in [0.05, 0.1) is 5.92 Å². The number of hydrogen-bond acceptors (Lipinski definition) is 2. The molecule has 1 aliphatic rings. The normalized spacial score (nSPS) is 18.7. The Morgan fingerprint density at radius 3 is 1.82 bits per heavy atom. The first kappa shape index (κ1) is 14.8. The number of carbonyl (C=O) groups excluding carboxylic acids is 1. The maximum absolute atomic E-state index is 12.3. The number of carbonyl (C=O) groups is 1. The van der Waals surface area contributed by atoms with Crippen molar-refractivity contribution < 1.29 is 9.53 Å². The van der Waals surface area contributed by atoms with Crippen LogP contribution in [0, 0.1) is 16.7 Å². The van der Waals surface area contributed by atoms with Crippen molar-refractivity contribution in [3.63, 3.8) is 0 Å². The third-order valence-electron chi connectivity index (χ3n) is 5.44. The summed E-state index contributed by atoms with van der Waals surface area (Å²) in [7, 11) is 0. The van der Waals surface area contributed by atoms with Crippen LogP contribution in [0.25, 0.3) is 11.1 Å². The summed E-state index contributed by atoms with van der Waals surface area (Å²) in [5.41, 5.74) is 2.29. The fourth-order valence-electron chi connectivity index (χ4n) is 3.31. The average molecular weight is 294 g/mol. The van der Waals surface area contributed by atoms with Crippen molar-refractivity contribution in [3.8, 4) is 16.9 Å². The Hall–Kier alpha value is -2.09. The zero-order valence-electron chi connectivity index (χ0n) is 13.6. The molecule has 0 N–H and O–H groups in total. The van der Waals surface area contributed by atoms with Crippen LogP contribution >= 0.6 is 0 Å². The van der Waals surface area contributed by atoms with Crippen molar-refractivity contribution in [2.75, 3.05) is 0 Å². The quantitative estimate of drug-likeness (QED) is 0.592. The van der Waals surface area contributed by atoms with Crippen molar-refractivity contribution >= 4 is 5.97 Å². The van der Waals surface area contributed by atoms with E-state index in [1.165, 1.54) is 0 Å². The molecule has 2 aromatic rings. The van der Waals surface area contributed by atoms with Gasteiger partial charge in [0.1, 0.15) is 5.75 Å². The highest BCUT2D eigenvalue weighted by Gasteiger charge is 2.69. The van der Waals surface area contributed by atoms with Crippen LogP contribution in [0.5, 0.6) is 5.75 Å². The molecule has 0 radical (unpaired) electrons. The van der Waals surface area contributed by atoms with Crippen molar-refractivity contribution in [2.24, 2.45) is 16.7 Å². The lowest BCUT2D eigenvalue weighted by molar-refractivity contribution is -0.137. The van der Waals surface area contributed by atoms with Crippen LogP contribution in [0.15, 0.2) is 54.6 Å². The minimum absolute atomic E-state index is 0.00800. The van der Waals surface area contributed by atoms with Gasteiger partial charge < -0.3 is 4.74 Å². The Balaban J connectivity index is 1.71. The Morgan fingerprint density at radius 2 is 1.32 bits per heavy atom. The molecule has 0 unspecified atom stereocenters. The van der Waals surface area contributed by atoms with Gasteiger partial charge in [0, 0.05) is 0 Å². The second-order valence-corrected chi connectivity index (χ2v) is 7.19. The summed E-state index contributed by atoms with van der Waals surface area (Å²) in [6, 6.07) is 17.9. The molecule has 2 nitrogen and oxygen atoms in total. The Labute approximate surface area is 132 Å². The van der Waals surface area contributed by atoms with Crippen LogP contribution in [0.1, 0.15) is 27.7 Å². The minimum atomic E-state index is -0.123. The van der Waals surface area contributed by atoms with Gasteiger partial charge in [-0.1, -0.05) is 70.2 Å². The van der Waals surface area contributed by atoms with Crippen LogP contribution in [0.2, 0.25) is 0 Å². The first-order chi connectivity index (χ1) is 10.3. The SMILES string of the molecule is CC1(C)C(C(=O)Oc2ccc(-c3ccccc3)cc2)C1(C)C. The van der Waals surface area contributed by atoms with Crippen molar-refractivity contribution in [1.29, 1.82) is 0 Å². The Morgan fingerprint density at radius 1 is 0.818 bits per heavy atom. The molecule has 0 spiro atoms. The van der Waals surface area contributed by atoms with Gasteiger partial charge in [0.15, 0.2) is 0 Å². The Kier molecular flexibility index (Phi) is 3.36. The van der Waals surface area contributed by atoms with E-state index in [1.807, 2.05) is 42.5 Å². The van der Waals surface area contributed by atoms with Crippen molar-refractivity contribution in [1.82, 2.24) is 0 Å². The topological polar surface area (TPSA) is 26.3 Å². The van der Waals surface area contributed by atoms with Gasteiger partial charge >= 0.3 is 5.97 Å². The first-order valence-electron chi connectivity index (χ1n) is 7.71. The molecule has 22 heavy (non-hydrogen) atoms. The highest BCUT2D eigenvalue weighted by molar-refractivity contribution is 5.81. The highest BCUT2D eigenvalue weighted by Crippen LogP contribution is 2.68. The third-order valence-corrected chi connectivity index (χ3v) is 5.44. The van der Waals surface area contributed by atoms with Gasteiger partial charge in [-0.25, -0.2) is 0 Å². The van der Waals surface area contributed by atoms with Gasteiger partial charge in [-0.2, -0.15) is 0 Å². The van der Waals surface area contributed by atoms with E-state index in [4.69, 9.17) is 4.74 Å². The zero-order chi connectivity index (χ0) is 16.0. The molecular weight excluding hydrogens is 272 g/mol. The van der Waals surface area contributed by atoms with Crippen LogP contribution in [0.4, 0.5) is 0 Å². The van der Waals surface area contributed by atoms with E-state index >= 15 is 0 Å². The summed E-state index contributed by atoms with van der Waals surface area (Å²) < 4.78 is 5.56. The molecule has 0 aromatic heterocycles. The molecule has 2 heteroatoms. The number of hydrogen-bond donors (Lipinski definition) is 0. The summed E-state index contributed by atoms with van der Waals surface area (Å²) in [4.78, 5) is 12.3. The molecule has 0 amide bonds. The highest BCUT2D eigenvalue weighted by atomic mass is 16.5. The summed E-state index contributed by atoms with van der Waals surface area (Å²) >= 11 is 0. The second kappa shape index (κ2) is 4.98. The van der Waals surface area contributed by atoms with E-state index in [0.29, 0.717) is 5.75 Å². The molecular formula is C20H22O2. The summed E-state index contributed by atoms with van der Waals surface area (Å²) in [6.07, 6.45) is 0. The van der Waals surface area contributed by atoms with Gasteiger partial charge in [0.2, 0.25) is 0 Å². The van der Waals surface area contributed by atoms with Crippen LogP contribution in [0.3, 0.4) is 0 Å². The molecule has 1 aliphatic carbocycles. The monoisotopic (exact) mass is 294 g/mol. The maximum atomic E-state index is 12.3. The van der Waals surface area contributed by atoms with E-state index in [9.17, 15) is 4.79 Å². The maximum Gasteiger partial charge on any atom is 0.315 e. The van der Waals surface area contributed by atoms with Gasteiger partial charge in [-0.05, 0) is 34.1 Å². The number of rotatable bonds is 3. The molecule has 0 heterocycles. The van der Waals surface area contributed by atoms with Crippen LogP contribution < -0.4 is 4.74 Å². The van der Waals surface area contributed by atoms with E-state index in [2.05, 4.69) is 39.8 Å². The lowest BCUT2D eigenvalue weighted by Crippen LogP contribution is -2.14. The standard InChI is InChI=1S/C20H22O2/c1-19(2)17(20(19,3)4)18(21)22-16-12-10-15(11-13-16)14-8-6-5-7-9-14/h5-13,17H,1-4H3. The third kappa shape index (κ3) is 2.33. The smallest absolute Gasteiger partial charge is 0.315 e. The lowest BCUT2D eigenvalue weighted by atomic mass is 10.0. The molecule has 0 atom stereocenters. The molecule has 2 aromatic carbocycles. The van der Waals surface area contributed by atoms with Gasteiger partial charge in [-0.3, -0.25) is 4.79 Å². The number of benzene rings is 2. The molecule has 0 bridgehead atoms. The van der Waals surface area contributed by atoms with Gasteiger partial charge in [0.25, 0.3) is 0 Å². The average Bonchev–Trinajstić information content (AvgIpc) is 2.90. The second-order valence-electron chi connectivity index (χ2n) is 7.19. The summed E-state index contributed by atoms with van der Waals surface area (Å²) in [5, 5.41) is 0. The minimum Gasteiger partial charge on any atom is -0.426 e. The van der Waals surface area contributed by atoms with E-state index in [0.717, 1.165) is 11.1 Å². The predicted molar refractivity (Wildman–Crippen MR) is 88.6 cm³/mol. The lowest BCUT2D eigenvalue weighted by Gasteiger charge is -2.07. The molecule has 114 valence electrons. The van der Waals surface area contributed by atoms with Crippen LogP contribution in [-0.4, -0.2) is 5.97 Å². The van der Waals surface area contributed by atoms with E-state index in [-0.39, 0.29) is 22.7 Å². The molecule has 3 rings (SSSR count). The molecule has 1 saturated carbocycles. The van der Waals surface area contributed by atoms with E-state index in [1.54, 1.807) is 0 Å². The number of ether oxygens (including phenoxy) is 1.